The maximum atomic E-state index is 13.2. The van der Waals surface area contributed by atoms with E-state index in [0.29, 0.717) is 0 Å². The van der Waals surface area contributed by atoms with Crippen LogP contribution in [-0.4, -0.2) is 14.4 Å². The smallest absolute Gasteiger partial charge is 0.272 e. The summed E-state index contributed by atoms with van der Waals surface area (Å²) in [5.41, 5.74) is -0.425. The van der Waals surface area contributed by atoms with Gasteiger partial charge in [-0.2, -0.15) is 18.0 Å². The van der Waals surface area contributed by atoms with Crippen LogP contribution in [0.3, 0.4) is 0 Å². The molecule has 1 rings (SSSR count). The lowest BCUT2D eigenvalue weighted by molar-refractivity contribution is -0.0664. The zero-order valence-electron chi connectivity index (χ0n) is 7.72. The summed E-state index contributed by atoms with van der Waals surface area (Å²) < 4.78 is 63.0. The van der Waals surface area contributed by atoms with E-state index in [1.165, 1.54) is 18.2 Å². The van der Waals surface area contributed by atoms with E-state index in [2.05, 4.69) is 0 Å². The lowest BCUT2D eigenvalue weighted by atomic mass is 10.3. The number of benzene rings is 1. The van der Waals surface area contributed by atoms with Crippen molar-refractivity contribution in [2.45, 2.75) is 12.3 Å². The highest BCUT2D eigenvalue weighted by atomic mass is 28.4. The second-order valence-corrected chi connectivity index (χ2v) is 5.93. The number of rotatable bonds is 2. The van der Waals surface area contributed by atoms with Crippen LogP contribution in [0, 0.1) is 0 Å². The van der Waals surface area contributed by atoms with Crippen molar-refractivity contribution in [3.05, 3.63) is 30.3 Å². The summed E-state index contributed by atoms with van der Waals surface area (Å²) in [6.45, 7) is 0.264. The van der Waals surface area contributed by atoms with Crippen molar-refractivity contribution in [3.8, 4) is 0 Å². The summed E-state index contributed by atoms with van der Waals surface area (Å²) in [6.07, 6.45) is 0. The van der Waals surface area contributed by atoms with E-state index in [9.17, 15) is 21.8 Å². The predicted molar refractivity (Wildman–Crippen MR) is 48.8 cm³/mol. The van der Waals surface area contributed by atoms with Gasteiger partial charge in [-0.25, -0.2) is 0 Å². The van der Waals surface area contributed by atoms with Crippen molar-refractivity contribution in [2.24, 2.45) is 0 Å². The van der Waals surface area contributed by atoms with Gasteiger partial charge in [0.1, 0.15) is 0 Å². The molecule has 1 nitrogen and oxygen atoms in total. The molecule has 1 unspecified atom stereocenters. The molecule has 1 atom stereocenters. The quantitative estimate of drug-likeness (QED) is 0.331. The zero-order valence-corrected chi connectivity index (χ0v) is 8.72. The molecule has 0 bridgehead atoms. The minimum atomic E-state index is -5.58. The maximum Gasteiger partial charge on any atom is 0.488 e. The van der Waals surface area contributed by atoms with Gasteiger partial charge in [0.15, 0.2) is 0 Å². The molecule has 0 saturated carbocycles. The standard InChI is InChI=1S/C8H8F5NSi/c1-15(13,8(9,10)11)14(12)7-5-3-2-4-6-7/h2-6H,1H3. The summed E-state index contributed by atoms with van der Waals surface area (Å²) in [7, 11) is -5.58. The van der Waals surface area contributed by atoms with Crippen LogP contribution in [0.4, 0.5) is 27.4 Å². The monoisotopic (exact) mass is 241 g/mol. The summed E-state index contributed by atoms with van der Waals surface area (Å²) in [5.74, 6) is -5.16. The number of halogens is 5. The number of hydrogen-bond acceptors (Lipinski definition) is 1. The third kappa shape index (κ3) is 2.28. The molecular formula is C8H8F5NSi. The van der Waals surface area contributed by atoms with Crippen LogP contribution in [0.25, 0.3) is 0 Å². The highest BCUT2D eigenvalue weighted by Gasteiger charge is 2.62. The molecule has 1 aromatic carbocycles. The Labute approximate surface area is 84.3 Å². The fourth-order valence-corrected chi connectivity index (χ4v) is 1.77. The Morgan fingerprint density at radius 2 is 1.60 bits per heavy atom. The highest BCUT2D eigenvalue weighted by molar-refractivity contribution is 6.76. The molecule has 0 radical (unpaired) electrons. The van der Waals surface area contributed by atoms with Gasteiger partial charge in [-0.15, -0.1) is 4.48 Å². The van der Waals surface area contributed by atoms with Crippen LogP contribution in [-0.2, 0) is 0 Å². The van der Waals surface area contributed by atoms with E-state index in [1.54, 1.807) is 0 Å². The molecule has 0 aliphatic carbocycles. The van der Waals surface area contributed by atoms with E-state index >= 15 is 0 Å². The van der Waals surface area contributed by atoms with Crippen molar-refractivity contribution in [1.82, 2.24) is 0 Å². The fourth-order valence-electron chi connectivity index (χ4n) is 0.913. The van der Waals surface area contributed by atoms with Gasteiger partial charge in [0.2, 0.25) is 0 Å². The van der Waals surface area contributed by atoms with Gasteiger partial charge in [0, 0.05) is 0 Å². The highest BCUT2D eigenvalue weighted by Crippen LogP contribution is 2.35. The third-order valence-corrected chi connectivity index (χ3v) is 3.90. The van der Waals surface area contributed by atoms with Crippen LogP contribution in [0.1, 0.15) is 0 Å². The zero-order chi connectivity index (χ0) is 11.7. The predicted octanol–water partition coefficient (Wildman–Crippen LogP) is 3.52. The fraction of sp³-hybridized carbons (Fsp3) is 0.250. The molecule has 0 spiro atoms. The summed E-state index contributed by atoms with van der Waals surface area (Å²) >= 11 is 0. The lowest BCUT2D eigenvalue weighted by Crippen LogP contribution is -2.55. The average molecular weight is 241 g/mol. The SMILES string of the molecule is C[Si](F)(N(F)c1ccccc1)C(F)(F)F. The Morgan fingerprint density at radius 1 is 1.13 bits per heavy atom. The van der Waals surface area contributed by atoms with Gasteiger partial charge < -0.3 is 0 Å². The Kier molecular flexibility index (Phi) is 3.03. The normalized spacial score (nSPS) is 15.9. The van der Waals surface area contributed by atoms with E-state index < -0.39 is 24.8 Å². The van der Waals surface area contributed by atoms with Gasteiger partial charge in [-0.3, -0.25) is 4.11 Å². The molecule has 1 aromatic rings. The van der Waals surface area contributed by atoms with Gasteiger partial charge in [-0.05, 0) is 18.7 Å². The molecular weight excluding hydrogens is 233 g/mol. The number of hydrogen-bond donors (Lipinski definition) is 0. The van der Waals surface area contributed by atoms with Crippen molar-refractivity contribution in [1.29, 1.82) is 0 Å². The maximum absolute atomic E-state index is 13.2. The molecule has 0 aromatic heterocycles. The minimum absolute atomic E-state index is 0.264. The Morgan fingerprint density at radius 3 is 2.00 bits per heavy atom. The average Bonchev–Trinajstić information content (AvgIpc) is 2.16. The molecule has 0 fully saturated rings. The molecule has 0 heterocycles. The van der Waals surface area contributed by atoms with Crippen LogP contribution in [0.5, 0.6) is 0 Å². The van der Waals surface area contributed by atoms with Crippen LogP contribution in [0.15, 0.2) is 30.3 Å². The first kappa shape index (κ1) is 12.0. The lowest BCUT2D eigenvalue weighted by Gasteiger charge is -2.27. The van der Waals surface area contributed by atoms with Gasteiger partial charge in [0.25, 0.3) is 0 Å². The molecule has 0 aliphatic rings. The Balaban J connectivity index is 3.00. The third-order valence-electron chi connectivity index (χ3n) is 1.87. The van der Waals surface area contributed by atoms with Crippen molar-refractivity contribution in [2.75, 3.05) is 4.79 Å². The largest absolute Gasteiger partial charge is 0.488 e. The summed E-state index contributed by atoms with van der Waals surface area (Å²) in [5, 5.41) is 0. The van der Waals surface area contributed by atoms with Gasteiger partial charge in [-0.1, -0.05) is 18.2 Å². The molecule has 0 N–H and O–H groups in total. The molecule has 0 aliphatic heterocycles. The molecule has 84 valence electrons. The van der Waals surface area contributed by atoms with E-state index in [4.69, 9.17) is 0 Å². The van der Waals surface area contributed by atoms with Crippen LogP contribution in [0.2, 0.25) is 6.55 Å². The Hall–Kier alpha value is -1.11. The molecule has 15 heavy (non-hydrogen) atoms. The van der Waals surface area contributed by atoms with Crippen LogP contribution < -0.4 is 4.79 Å². The van der Waals surface area contributed by atoms with Crippen molar-refractivity contribution >= 4 is 14.3 Å². The number of nitrogens with zero attached hydrogens (tertiary/aromatic N) is 1. The Bertz CT molecular complexity index is 324. The first-order valence-electron chi connectivity index (χ1n) is 4.03. The van der Waals surface area contributed by atoms with E-state index in [1.807, 2.05) is 0 Å². The van der Waals surface area contributed by atoms with Crippen molar-refractivity contribution < 1.29 is 21.8 Å². The second kappa shape index (κ2) is 3.80. The van der Waals surface area contributed by atoms with E-state index in [-0.39, 0.29) is 6.55 Å². The summed E-state index contributed by atoms with van der Waals surface area (Å²) in [4.78, 5) is -0.799. The van der Waals surface area contributed by atoms with Crippen LogP contribution >= 0.6 is 0 Å². The minimum Gasteiger partial charge on any atom is -0.272 e. The first-order chi connectivity index (χ1) is 6.77. The first-order valence-corrected chi connectivity index (χ1v) is 6.36. The number of para-hydroxylation sites is 1. The molecule has 0 saturated heterocycles. The number of anilines is 1. The van der Waals surface area contributed by atoms with E-state index in [0.717, 1.165) is 12.1 Å². The summed E-state index contributed by atoms with van der Waals surface area (Å²) in [6, 6.07) is 6.33. The van der Waals surface area contributed by atoms with Gasteiger partial charge >= 0.3 is 14.4 Å². The topological polar surface area (TPSA) is 3.24 Å². The molecule has 0 amide bonds. The number of alkyl halides is 3. The molecule has 7 heteroatoms. The van der Waals surface area contributed by atoms with Crippen molar-refractivity contribution in [3.63, 3.8) is 0 Å². The second-order valence-electron chi connectivity index (χ2n) is 3.07. The van der Waals surface area contributed by atoms with Gasteiger partial charge in [0.05, 0.1) is 5.69 Å².